The molecule has 0 saturated carbocycles. The molecular weight excluding hydrogens is 310 g/mol. The smallest absolute Gasteiger partial charge is 0.182 e. The van der Waals surface area contributed by atoms with Gasteiger partial charge in [-0.2, -0.15) is 0 Å². The average molecular weight is 320 g/mol. The van der Waals surface area contributed by atoms with Gasteiger partial charge >= 0.3 is 0 Å². The maximum atomic E-state index is 5.39. The Morgan fingerprint density at radius 1 is 1.28 bits per heavy atom. The lowest BCUT2D eigenvalue weighted by atomic mass is 10.2. The molecule has 1 aromatic carbocycles. The summed E-state index contributed by atoms with van der Waals surface area (Å²) in [4.78, 5) is 7.40. The number of fused-ring (bicyclic) bond motifs is 1. The topological polar surface area (TPSA) is 33.6 Å². The number of pyridine rings is 1. The van der Waals surface area contributed by atoms with Gasteiger partial charge in [0.25, 0.3) is 0 Å². The molecule has 0 aliphatic heterocycles. The molecule has 2 heterocycles. The maximum Gasteiger partial charge on any atom is 0.182 e. The van der Waals surface area contributed by atoms with Crippen LogP contribution in [0.2, 0.25) is 0 Å². The van der Waals surface area contributed by atoms with E-state index in [1.807, 2.05) is 10.6 Å². The summed E-state index contributed by atoms with van der Waals surface area (Å²) in [5.74, 6) is 0. The lowest BCUT2D eigenvalue weighted by Gasteiger charge is -2.04. The first-order valence-corrected chi connectivity index (χ1v) is 6.67. The minimum absolute atomic E-state index is 0.676. The molecule has 0 unspecified atom stereocenters. The predicted molar refractivity (Wildman–Crippen MR) is 78.7 cm³/mol. The summed E-state index contributed by atoms with van der Waals surface area (Å²) in [6.45, 7) is 2.06. The molecule has 0 saturated heterocycles. The van der Waals surface area contributed by atoms with Crippen LogP contribution in [0.3, 0.4) is 0 Å². The lowest BCUT2D eigenvalue weighted by Crippen LogP contribution is -1.94. The highest BCUT2D eigenvalue weighted by molar-refractivity contribution is 9.10. The van der Waals surface area contributed by atoms with E-state index < -0.39 is 0 Å². The van der Waals surface area contributed by atoms with Crippen LogP contribution in [0.4, 0.5) is 0 Å². The second kappa shape index (κ2) is 4.33. The molecule has 0 amide bonds. The van der Waals surface area contributed by atoms with Crippen molar-refractivity contribution < 1.29 is 0 Å². The zero-order chi connectivity index (χ0) is 12.7. The van der Waals surface area contributed by atoms with E-state index in [9.17, 15) is 0 Å². The summed E-state index contributed by atoms with van der Waals surface area (Å²) in [6, 6.07) is 8.23. The van der Waals surface area contributed by atoms with Crippen molar-refractivity contribution in [2.45, 2.75) is 6.92 Å². The Bertz CT molecular complexity index is 788. The number of aryl methyl sites for hydroxylation is 1. The van der Waals surface area contributed by atoms with E-state index in [4.69, 9.17) is 12.2 Å². The van der Waals surface area contributed by atoms with Gasteiger partial charge in [-0.1, -0.05) is 6.07 Å². The average Bonchev–Trinajstić information content (AvgIpc) is 2.64. The molecule has 5 heteroatoms. The lowest BCUT2D eigenvalue weighted by molar-refractivity contribution is 1.04. The van der Waals surface area contributed by atoms with Gasteiger partial charge in [-0.05, 0) is 58.8 Å². The van der Waals surface area contributed by atoms with E-state index in [2.05, 4.69) is 51.0 Å². The molecule has 3 rings (SSSR count). The number of imidazole rings is 1. The Labute approximate surface area is 118 Å². The first-order chi connectivity index (χ1) is 8.65. The predicted octanol–water partition coefficient (Wildman–Crippen LogP) is 4.15. The number of benzene rings is 1. The minimum atomic E-state index is 0.676. The van der Waals surface area contributed by atoms with E-state index >= 15 is 0 Å². The molecule has 0 aliphatic rings. The van der Waals surface area contributed by atoms with Crippen molar-refractivity contribution in [3.05, 3.63) is 51.5 Å². The Hall–Kier alpha value is -1.46. The molecule has 0 fully saturated rings. The number of halogens is 1. The molecule has 0 bridgehead atoms. The third kappa shape index (κ3) is 1.89. The maximum absolute atomic E-state index is 5.39. The highest BCUT2D eigenvalue weighted by Crippen LogP contribution is 2.21. The molecule has 18 heavy (non-hydrogen) atoms. The Morgan fingerprint density at radius 3 is 2.89 bits per heavy atom. The van der Waals surface area contributed by atoms with Gasteiger partial charge in [0.15, 0.2) is 4.77 Å². The number of H-pyrrole nitrogens is 1. The van der Waals surface area contributed by atoms with E-state index in [1.165, 1.54) is 5.56 Å². The Kier molecular flexibility index (Phi) is 2.80. The van der Waals surface area contributed by atoms with Crippen molar-refractivity contribution in [2.75, 3.05) is 0 Å². The van der Waals surface area contributed by atoms with Crippen LogP contribution < -0.4 is 0 Å². The number of hydrogen-bond donors (Lipinski definition) is 1. The normalized spacial score (nSPS) is 11.0. The fraction of sp³-hybridized carbons (Fsp3) is 0.0769. The molecule has 1 N–H and O–H groups in total. The van der Waals surface area contributed by atoms with Crippen molar-refractivity contribution in [1.29, 1.82) is 0 Å². The number of aromatic amines is 1. The first-order valence-electron chi connectivity index (χ1n) is 5.47. The van der Waals surface area contributed by atoms with Crippen molar-refractivity contribution in [2.24, 2.45) is 0 Å². The third-order valence-corrected chi connectivity index (χ3v) is 3.50. The van der Waals surface area contributed by atoms with E-state index in [0.717, 1.165) is 21.2 Å². The van der Waals surface area contributed by atoms with Gasteiger partial charge in [-0.25, -0.2) is 0 Å². The zero-order valence-corrected chi connectivity index (χ0v) is 12.0. The van der Waals surface area contributed by atoms with Crippen LogP contribution in [0.15, 0.2) is 41.1 Å². The number of aromatic nitrogens is 3. The van der Waals surface area contributed by atoms with Crippen LogP contribution >= 0.6 is 28.1 Å². The minimum Gasteiger partial charge on any atom is -0.330 e. The van der Waals surface area contributed by atoms with Gasteiger partial charge in [0.1, 0.15) is 0 Å². The van der Waals surface area contributed by atoms with Crippen LogP contribution in [0, 0.1) is 11.7 Å². The molecule has 0 atom stereocenters. The first kappa shape index (κ1) is 11.6. The number of nitrogens with zero attached hydrogens (tertiary/aromatic N) is 2. The summed E-state index contributed by atoms with van der Waals surface area (Å²) in [5, 5.41) is 0. The van der Waals surface area contributed by atoms with Gasteiger partial charge in [-0.3, -0.25) is 9.55 Å². The SMILES string of the molecule is Cc1ccc2c(c1)[nH]c(=S)n2-c1cncc(Br)c1. The molecule has 0 aliphatic carbocycles. The van der Waals surface area contributed by atoms with Crippen molar-refractivity contribution in [1.82, 2.24) is 14.5 Å². The summed E-state index contributed by atoms with van der Waals surface area (Å²) in [5.41, 5.74) is 4.26. The number of hydrogen-bond acceptors (Lipinski definition) is 2. The second-order valence-electron chi connectivity index (χ2n) is 4.15. The summed E-state index contributed by atoms with van der Waals surface area (Å²) in [6.07, 6.45) is 3.56. The molecule has 90 valence electrons. The summed E-state index contributed by atoms with van der Waals surface area (Å²) >= 11 is 8.81. The molecule has 3 nitrogen and oxygen atoms in total. The van der Waals surface area contributed by atoms with Gasteiger partial charge in [0.2, 0.25) is 0 Å². The van der Waals surface area contributed by atoms with Crippen molar-refractivity contribution >= 4 is 39.2 Å². The van der Waals surface area contributed by atoms with Gasteiger partial charge in [0, 0.05) is 10.7 Å². The van der Waals surface area contributed by atoms with Crippen LogP contribution in [0.25, 0.3) is 16.7 Å². The summed E-state index contributed by atoms with van der Waals surface area (Å²) in [7, 11) is 0. The highest BCUT2D eigenvalue weighted by atomic mass is 79.9. The number of rotatable bonds is 1. The van der Waals surface area contributed by atoms with Crippen LogP contribution in [-0.4, -0.2) is 14.5 Å². The molecule has 3 aromatic rings. The number of nitrogens with one attached hydrogen (secondary N) is 1. The van der Waals surface area contributed by atoms with Crippen LogP contribution in [0.5, 0.6) is 0 Å². The molecular formula is C13H10BrN3S. The van der Waals surface area contributed by atoms with Crippen LogP contribution in [-0.2, 0) is 0 Å². The van der Waals surface area contributed by atoms with Gasteiger partial charge in [0.05, 0.1) is 22.9 Å². The fourth-order valence-corrected chi connectivity index (χ4v) is 2.67. The van der Waals surface area contributed by atoms with Crippen molar-refractivity contribution in [3.8, 4) is 5.69 Å². The van der Waals surface area contributed by atoms with Gasteiger partial charge < -0.3 is 4.98 Å². The zero-order valence-electron chi connectivity index (χ0n) is 9.64. The quantitative estimate of drug-likeness (QED) is 0.683. The molecule has 0 radical (unpaired) electrons. The second-order valence-corrected chi connectivity index (χ2v) is 5.45. The third-order valence-electron chi connectivity index (χ3n) is 2.79. The van der Waals surface area contributed by atoms with Crippen LogP contribution in [0.1, 0.15) is 5.56 Å². The largest absolute Gasteiger partial charge is 0.330 e. The van der Waals surface area contributed by atoms with E-state index in [1.54, 1.807) is 12.4 Å². The Balaban J connectivity index is 2.35. The van der Waals surface area contributed by atoms with Crippen molar-refractivity contribution in [3.63, 3.8) is 0 Å². The fourth-order valence-electron chi connectivity index (χ4n) is 2.00. The van der Waals surface area contributed by atoms with Gasteiger partial charge in [-0.15, -0.1) is 0 Å². The standard InChI is InChI=1S/C13H10BrN3S/c1-8-2-3-12-11(4-8)16-13(18)17(12)10-5-9(14)6-15-7-10/h2-7H,1H3,(H,16,18). The Morgan fingerprint density at radius 2 is 2.11 bits per heavy atom. The monoisotopic (exact) mass is 319 g/mol. The summed E-state index contributed by atoms with van der Waals surface area (Å²) < 4.78 is 3.60. The molecule has 0 spiro atoms. The molecule has 2 aromatic heterocycles. The highest BCUT2D eigenvalue weighted by Gasteiger charge is 2.07. The van der Waals surface area contributed by atoms with E-state index in [-0.39, 0.29) is 0 Å². The van der Waals surface area contributed by atoms with E-state index in [0.29, 0.717) is 4.77 Å².